The molecule has 0 atom stereocenters. The first kappa shape index (κ1) is 21.3. The zero-order chi connectivity index (χ0) is 20.5. The highest BCUT2D eigenvalue weighted by molar-refractivity contribution is 6.04. The van der Waals surface area contributed by atoms with Crippen molar-refractivity contribution in [3.8, 4) is 17.2 Å². The van der Waals surface area contributed by atoms with Crippen LogP contribution in [0.25, 0.3) is 0 Å². The molecule has 0 spiro atoms. The van der Waals surface area contributed by atoms with Gasteiger partial charge in [0.05, 0.1) is 32.0 Å². The zero-order valence-electron chi connectivity index (χ0n) is 16.7. The van der Waals surface area contributed by atoms with Gasteiger partial charge in [-0.3, -0.25) is 0 Å². The van der Waals surface area contributed by atoms with Crippen LogP contribution in [0.4, 0.5) is 0 Å². The van der Waals surface area contributed by atoms with Crippen molar-refractivity contribution in [3.63, 3.8) is 0 Å². The van der Waals surface area contributed by atoms with Gasteiger partial charge in [0.25, 0.3) is 0 Å². The van der Waals surface area contributed by atoms with Gasteiger partial charge in [0.2, 0.25) is 5.75 Å². The van der Waals surface area contributed by atoms with Crippen molar-refractivity contribution < 1.29 is 28.5 Å². The molecule has 2 aromatic rings. The summed E-state index contributed by atoms with van der Waals surface area (Å²) in [5.41, 5.74) is 0.273. The molecule has 0 aromatic heterocycles. The van der Waals surface area contributed by atoms with E-state index in [9.17, 15) is 9.59 Å². The second-order valence-electron chi connectivity index (χ2n) is 6.60. The van der Waals surface area contributed by atoms with Crippen LogP contribution in [0.15, 0.2) is 42.5 Å². The van der Waals surface area contributed by atoms with Gasteiger partial charge in [-0.1, -0.05) is 32.0 Å². The van der Waals surface area contributed by atoms with E-state index in [4.69, 9.17) is 18.9 Å². The third-order valence-corrected chi connectivity index (χ3v) is 4.10. The molecule has 0 radical (unpaired) electrons. The van der Waals surface area contributed by atoms with Crippen molar-refractivity contribution in [2.75, 3.05) is 20.8 Å². The quantitative estimate of drug-likeness (QED) is 0.359. The van der Waals surface area contributed by atoms with Gasteiger partial charge >= 0.3 is 11.9 Å². The third kappa shape index (κ3) is 5.49. The summed E-state index contributed by atoms with van der Waals surface area (Å²) in [5.74, 6) is 0.137. The fourth-order valence-corrected chi connectivity index (χ4v) is 2.64. The minimum Gasteiger partial charge on any atom is -0.493 e. The molecule has 28 heavy (non-hydrogen) atoms. The van der Waals surface area contributed by atoms with Crippen LogP contribution in [0.3, 0.4) is 0 Å². The molecule has 6 nitrogen and oxygen atoms in total. The lowest BCUT2D eigenvalue weighted by Gasteiger charge is -2.14. The largest absolute Gasteiger partial charge is 0.493 e. The number of esters is 2. The number of ether oxygens (including phenoxy) is 4. The number of hydrogen-bond acceptors (Lipinski definition) is 6. The fraction of sp³-hybridized carbons (Fsp3) is 0.364. The van der Waals surface area contributed by atoms with E-state index in [0.29, 0.717) is 24.0 Å². The Kier molecular flexibility index (Phi) is 7.87. The molecule has 0 aliphatic carbocycles. The van der Waals surface area contributed by atoms with E-state index < -0.39 is 11.9 Å². The van der Waals surface area contributed by atoms with Gasteiger partial charge in [0, 0.05) is 0 Å². The molecule has 0 aliphatic rings. The predicted molar refractivity (Wildman–Crippen MR) is 105 cm³/mol. The predicted octanol–water partition coefficient (Wildman–Crippen LogP) is 4.52. The van der Waals surface area contributed by atoms with Gasteiger partial charge in [-0.25, -0.2) is 9.59 Å². The van der Waals surface area contributed by atoms with E-state index in [1.54, 1.807) is 36.4 Å². The molecule has 2 aromatic carbocycles. The monoisotopic (exact) mass is 386 g/mol. The highest BCUT2D eigenvalue weighted by Crippen LogP contribution is 2.37. The van der Waals surface area contributed by atoms with Gasteiger partial charge in [0.1, 0.15) is 0 Å². The number of carbonyl (C=O) groups excluding carboxylic acids is 2. The van der Waals surface area contributed by atoms with E-state index >= 15 is 0 Å². The molecule has 0 N–H and O–H groups in total. The second kappa shape index (κ2) is 10.3. The van der Waals surface area contributed by atoms with E-state index in [1.807, 2.05) is 0 Å². The minimum absolute atomic E-state index is 0.115. The smallest absolute Gasteiger partial charge is 0.344 e. The van der Waals surface area contributed by atoms with Crippen LogP contribution >= 0.6 is 0 Å². The molecular weight excluding hydrogens is 360 g/mol. The summed E-state index contributed by atoms with van der Waals surface area (Å²) >= 11 is 0. The number of rotatable bonds is 9. The van der Waals surface area contributed by atoms with Crippen LogP contribution in [0, 0.1) is 5.92 Å². The SMILES string of the molecule is COc1cccc(OC)c1OC(=O)c1ccccc1C(=O)OCCCC(C)C. The summed E-state index contributed by atoms with van der Waals surface area (Å²) in [5, 5.41) is 0. The van der Waals surface area contributed by atoms with Crippen molar-refractivity contribution in [2.24, 2.45) is 5.92 Å². The number of para-hydroxylation sites is 1. The molecule has 150 valence electrons. The first-order chi connectivity index (χ1) is 13.5. The maximum absolute atomic E-state index is 12.8. The molecule has 6 heteroatoms. The Morgan fingerprint density at radius 3 is 1.96 bits per heavy atom. The minimum atomic E-state index is -0.697. The molecule has 0 amide bonds. The van der Waals surface area contributed by atoms with Crippen molar-refractivity contribution in [1.29, 1.82) is 0 Å². The summed E-state index contributed by atoms with van der Waals surface area (Å²) in [4.78, 5) is 25.2. The second-order valence-corrected chi connectivity index (χ2v) is 6.60. The van der Waals surface area contributed by atoms with E-state index in [1.165, 1.54) is 20.3 Å². The van der Waals surface area contributed by atoms with Crippen LogP contribution < -0.4 is 14.2 Å². The normalized spacial score (nSPS) is 10.5. The Labute approximate surface area is 165 Å². The number of benzene rings is 2. The van der Waals surface area contributed by atoms with Crippen LogP contribution in [-0.4, -0.2) is 32.8 Å². The summed E-state index contributed by atoms with van der Waals surface area (Å²) in [6, 6.07) is 11.4. The lowest BCUT2D eigenvalue weighted by Crippen LogP contribution is -2.17. The van der Waals surface area contributed by atoms with Crippen molar-refractivity contribution >= 4 is 11.9 Å². The Morgan fingerprint density at radius 1 is 0.857 bits per heavy atom. The molecule has 0 heterocycles. The number of methoxy groups -OCH3 is 2. The van der Waals surface area contributed by atoms with Crippen LogP contribution in [0.2, 0.25) is 0 Å². The topological polar surface area (TPSA) is 71.1 Å². The maximum atomic E-state index is 12.8. The highest BCUT2D eigenvalue weighted by Gasteiger charge is 2.22. The van der Waals surface area contributed by atoms with Crippen LogP contribution in [-0.2, 0) is 4.74 Å². The number of hydrogen-bond donors (Lipinski definition) is 0. The van der Waals surface area contributed by atoms with Gasteiger partial charge in [-0.2, -0.15) is 0 Å². The average molecular weight is 386 g/mol. The molecule has 0 unspecified atom stereocenters. The highest BCUT2D eigenvalue weighted by atomic mass is 16.6. The van der Waals surface area contributed by atoms with Gasteiger partial charge < -0.3 is 18.9 Å². The summed E-state index contributed by atoms with van der Waals surface area (Å²) < 4.78 is 21.3. The van der Waals surface area contributed by atoms with Crippen LogP contribution in [0.1, 0.15) is 47.4 Å². The van der Waals surface area contributed by atoms with Gasteiger partial charge in [-0.05, 0) is 43.0 Å². The Balaban J connectivity index is 2.18. The summed E-state index contributed by atoms with van der Waals surface area (Å²) in [6.07, 6.45) is 1.74. The first-order valence-electron chi connectivity index (χ1n) is 9.17. The van der Waals surface area contributed by atoms with E-state index in [0.717, 1.165) is 12.8 Å². The summed E-state index contributed by atoms with van der Waals surface area (Å²) in [7, 11) is 2.93. The van der Waals surface area contributed by atoms with Gasteiger partial charge in [-0.15, -0.1) is 0 Å². The Morgan fingerprint density at radius 2 is 1.43 bits per heavy atom. The van der Waals surface area contributed by atoms with E-state index in [-0.39, 0.29) is 16.9 Å². The zero-order valence-corrected chi connectivity index (χ0v) is 16.7. The van der Waals surface area contributed by atoms with Gasteiger partial charge in [0.15, 0.2) is 11.5 Å². The van der Waals surface area contributed by atoms with Crippen LogP contribution in [0.5, 0.6) is 17.2 Å². The lowest BCUT2D eigenvalue weighted by molar-refractivity contribution is 0.0486. The Hall–Kier alpha value is -3.02. The molecule has 0 saturated carbocycles. The average Bonchev–Trinajstić information content (AvgIpc) is 2.70. The van der Waals surface area contributed by atoms with Crippen molar-refractivity contribution in [2.45, 2.75) is 26.7 Å². The third-order valence-electron chi connectivity index (χ3n) is 4.10. The first-order valence-corrected chi connectivity index (χ1v) is 9.17. The van der Waals surface area contributed by atoms with Crippen molar-refractivity contribution in [3.05, 3.63) is 53.6 Å². The molecule has 0 saturated heterocycles. The number of carbonyl (C=O) groups is 2. The Bertz CT molecular complexity index is 790. The molecular formula is C22H26O6. The lowest BCUT2D eigenvalue weighted by atomic mass is 10.1. The maximum Gasteiger partial charge on any atom is 0.344 e. The molecule has 0 aliphatic heterocycles. The molecule has 0 bridgehead atoms. The fourth-order valence-electron chi connectivity index (χ4n) is 2.64. The molecule has 0 fully saturated rings. The van der Waals surface area contributed by atoms with Crippen molar-refractivity contribution in [1.82, 2.24) is 0 Å². The molecule has 2 rings (SSSR count). The standard InChI is InChI=1S/C22H26O6/c1-15(2)9-8-14-27-21(23)16-10-5-6-11-17(16)22(24)28-20-18(25-3)12-7-13-19(20)26-4/h5-7,10-13,15H,8-9,14H2,1-4H3. The van der Waals surface area contributed by atoms with E-state index in [2.05, 4.69) is 13.8 Å². The summed E-state index contributed by atoms with van der Waals surface area (Å²) in [6.45, 7) is 4.53.